The Morgan fingerprint density at radius 2 is 1.86 bits per heavy atom. The standard InChI is InChI=1S/C10H9N3O/c11-13-12-9-6-5-7-3-1-2-4-8(7)10(9)14/h1-6,14H,(H2,11,12). The highest BCUT2D eigenvalue weighted by Gasteiger charge is 2.04. The molecule has 3 N–H and O–H groups in total. The lowest BCUT2D eigenvalue weighted by molar-refractivity contribution is 0.482. The number of phenols is 1. The molecule has 0 aliphatic heterocycles. The van der Waals surface area contributed by atoms with E-state index in [1.54, 1.807) is 6.07 Å². The molecule has 2 aromatic rings. The summed E-state index contributed by atoms with van der Waals surface area (Å²) in [6.07, 6.45) is 0. The van der Waals surface area contributed by atoms with Crippen LogP contribution in [0.4, 0.5) is 5.69 Å². The molecule has 0 aliphatic rings. The van der Waals surface area contributed by atoms with Gasteiger partial charge < -0.3 is 10.9 Å². The van der Waals surface area contributed by atoms with Crippen molar-refractivity contribution in [2.45, 2.75) is 0 Å². The van der Waals surface area contributed by atoms with Crippen molar-refractivity contribution in [2.24, 2.45) is 16.2 Å². The van der Waals surface area contributed by atoms with Gasteiger partial charge in [-0.15, -0.1) is 5.11 Å². The zero-order chi connectivity index (χ0) is 9.97. The number of nitrogens with two attached hydrogens (primary N) is 1. The number of nitrogens with zero attached hydrogens (tertiary/aromatic N) is 2. The van der Waals surface area contributed by atoms with Crippen molar-refractivity contribution in [3.8, 4) is 5.75 Å². The van der Waals surface area contributed by atoms with Gasteiger partial charge in [0.05, 0.1) is 0 Å². The number of phenolic OH excluding ortho intramolecular Hbond substituents is 1. The molecule has 0 unspecified atom stereocenters. The number of hydrogen-bond donors (Lipinski definition) is 2. The predicted octanol–water partition coefficient (Wildman–Crippen LogP) is 2.50. The van der Waals surface area contributed by atoms with E-state index >= 15 is 0 Å². The van der Waals surface area contributed by atoms with Crippen LogP contribution in [-0.4, -0.2) is 5.11 Å². The summed E-state index contributed by atoms with van der Waals surface area (Å²) in [5, 5.41) is 18.2. The molecule has 2 rings (SSSR count). The minimum atomic E-state index is 0.109. The number of fused-ring (bicyclic) bond motifs is 1. The number of hydrogen-bond acceptors (Lipinski definition) is 3. The van der Waals surface area contributed by atoms with Crippen LogP contribution in [0.5, 0.6) is 5.75 Å². The number of benzene rings is 2. The second-order valence-corrected chi connectivity index (χ2v) is 2.87. The van der Waals surface area contributed by atoms with Crippen LogP contribution in [0.2, 0.25) is 0 Å². The Labute approximate surface area is 80.7 Å². The summed E-state index contributed by atoms with van der Waals surface area (Å²) in [5.74, 6) is 5.03. The summed E-state index contributed by atoms with van der Waals surface area (Å²) in [6.45, 7) is 0. The van der Waals surface area contributed by atoms with Gasteiger partial charge in [0.1, 0.15) is 5.69 Å². The van der Waals surface area contributed by atoms with Crippen LogP contribution in [0.3, 0.4) is 0 Å². The first-order valence-corrected chi connectivity index (χ1v) is 4.14. The second-order valence-electron chi connectivity index (χ2n) is 2.87. The van der Waals surface area contributed by atoms with Gasteiger partial charge in [-0.3, -0.25) is 0 Å². The fraction of sp³-hybridized carbons (Fsp3) is 0. The quantitative estimate of drug-likeness (QED) is 0.409. The van der Waals surface area contributed by atoms with Gasteiger partial charge in [0, 0.05) is 5.39 Å². The molecular formula is C10H9N3O. The van der Waals surface area contributed by atoms with Crippen LogP contribution in [0.1, 0.15) is 0 Å². The van der Waals surface area contributed by atoms with Gasteiger partial charge in [-0.05, 0) is 11.5 Å². The largest absolute Gasteiger partial charge is 0.505 e. The molecule has 0 spiro atoms. The minimum absolute atomic E-state index is 0.109. The van der Waals surface area contributed by atoms with Crippen molar-refractivity contribution in [1.29, 1.82) is 0 Å². The van der Waals surface area contributed by atoms with E-state index in [9.17, 15) is 5.11 Å². The predicted molar refractivity (Wildman–Crippen MR) is 54.3 cm³/mol. The van der Waals surface area contributed by atoms with E-state index in [4.69, 9.17) is 5.84 Å². The normalized spacial score (nSPS) is 11.1. The van der Waals surface area contributed by atoms with E-state index in [1.807, 2.05) is 30.3 Å². The van der Waals surface area contributed by atoms with Gasteiger partial charge in [0.2, 0.25) is 0 Å². The maximum Gasteiger partial charge on any atom is 0.150 e. The van der Waals surface area contributed by atoms with E-state index in [0.29, 0.717) is 5.69 Å². The van der Waals surface area contributed by atoms with E-state index in [0.717, 1.165) is 10.8 Å². The molecule has 0 heterocycles. The lowest BCUT2D eigenvalue weighted by Gasteiger charge is -2.02. The maximum atomic E-state index is 9.77. The van der Waals surface area contributed by atoms with Gasteiger partial charge in [-0.1, -0.05) is 35.6 Å². The average molecular weight is 187 g/mol. The third-order valence-electron chi connectivity index (χ3n) is 2.04. The Morgan fingerprint density at radius 3 is 2.64 bits per heavy atom. The SMILES string of the molecule is NN=Nc1ccc2ccccc2c1O. The van der Waals surface area contributed by atoms with Crippen molar-refractivity contribution in [1.82, 2.24) is 0 Å². The van der Waals surface area contributed by atoms with Gasteiger partial charge in [0.25, 0.3) is 0 Å². The van der Waals surface area contributed by atoms with E-state index in [1.165, 1.54) is 0 Å². The van der Waals surface area contributed by atoms with Crippen molar-refractivity contribution < 1.29 is 5.11 Å². The molecule has 4 nitrogen and oxygen atoms in total. The van der Waals surface area contributed by atoms with Crippen molar-refractivity contribution in [3.63, 3.8) is 0 Å². The highest BCUT2D eigenvalue weighted by molar-refractivity contribution is 5.92. The topological polar surface area (TPSA) is 71.0 Å². The van der Waals surface area contributed by atoms with Gasteiger partial charge in [-0.2, -0.15) is 0 Å². The van der Waals surface area contributed by atoms with Gasteiger partial charge >= 0.3 is 0 Å². The molecule has 0 saturated heterocycles. The van der Waals surface area contributed by atoms with E-state index in [2.05, 4.69) is 10.3 Å². The summed E-state index contributed by atoms with van der Waals surface area (Å²) >= 11 is 0. The van der Waals surface area contributed by atoms with Crippen LogP contribution in [0.15, 0.2) is 46.7 Å². The summed E-state index contributed by atoms with van der Waals surface area (Å²) in [7, 11) is 0. The number of rotatable bonds is 1. The van der Waals surface area contributed by atoms with Crippen LogP contribution in [0, 0.1) is 0 Å². The Hall–Kier alpha value is -2.10. The second kappa shape index (κ2) is 3.33. The van der Waals surface area contributed by atoms with E-state index < -0.39 is 0 Å². The summed E-state index contributed by atoms with van der Waals surface area (Å²) in [6, 6.07) is 11.0. The fourth-order valence-electron chi connectivity index (χ4n) is 1.39. The molecular weight excluding hydrogens is 178 g/mol. The Morgan fingerprint density at radius 1 is 1.07 bits per heavy atom. The molecule has 14 heavy (non-hydrogen) atoms. The molecule has 0 radical (unpaired) electrons. The van der Waals surface area contributed by atoms with E-state index in [-0.39, 0.29) is 5.75 Å². The first-order chi connectivity index (χ1) is 6.83. The zero-order valence-corrected chi connectivity index (χ0v) is 7.38. The molecule has 2 aromatic carbocycles. The first kappa shape index (κ1) is 8.50. The zero-order valence-electron chi connectivity index (χ0n) is 7.38. The summed E-state index contributed by atoms with van der Waals surface area (Å²) in [5.41, 5.74) is 0.381. The molecule has 0 aliphatic carbocycles. The van der Waals surface area contributed by atoms with Crippen molar-refractivity contribution in [3.05, 3.63) is 36.4 Å². The number of aromatic hydroxyl groups is 1. The Kier molecular flexibility index (Phi) is 2.02. The van der Waals surface area contributed by atoms with Crippen LogP contribution >= 0.6 is 0 Å². The molecule has 4 heteroatoms. The minimum Gasteiger partial charge on any atom is -0.505 e. The van der Waals surface area contributed by atoms with Gasteiger partial charge in [0.15, 0.2) is 5.75 Å². The molecule has 0 bridgehead atoms. The maximum absolute atomic E-state index is 9.77. The molecule has 70 valence electrons. The Balaban J connectivity index is 2.75. The first-order valence-electron chi connectivity index (χ1n) is 4.14. The fourth-order valence-corrected chi connectivity index (χ4v) is 1.39. The average Bonchev–Trinajstić information content (AvgIpc) is 2.23. The lowest BCUT2D eigenvalue weighted by atomic mass is 10.1. The van der Waals surface area contributed by atoms with Crippen molar-refractivity contribution >= 4 is 16.5 Å². The Bertz CT molecular complexity index is 494. The van der Waals surface area contributed by atoms with Crippen LogP contribution < -0.4 is 5.84 Å². The summed E-state index contributed by atoms with van der Waals surface area (Å²) < 4.78 is 0. The highest BCUT2D eigenvalue weighted by Crippen LogP contribution is 2.34. The lowest BCUT2D eigenvalue weighted by Crippen LogP contribution is -1.77. The third-order valence-corrected chi connectivity index (χ3v) is 2.04. The van der Waals surface area contributed by atoms with Crippen molar-refractivity contribution in [2.75, 3.05) is 0 Å². The highest BCUT2D eigenvalue weighted by atomic mass is 16.3. The molecule has 0 atom stereocenters. The molecule has 0 fully saturated rings. The van der Waals surface area contributed by atoms with Crippen LogP contribution in [0.25, 0.3) is 10.8 Å². The molecule has 0 aromatic heterocycles. The third kappa shape index (κ3) is 1.26. The molecule has 0 amide bonds. The van der Waals surface area contributed by atoms with Gasteiger partial charge in [-0.25, -0.2) is 0 Å². The molecule has 0 saturated carbocycles. The smallest absolute Gasteiger partial charge is 0.150 e. The summed E-state index contributed by atoms with van der Waals surface area (Å²) in [4.78, 5) is 0. The van der Waals surface area contributed by atoms with Crippen LogP contribution in [-0.2, 0) is 0 Å². The monoisotopic (exact) mass is 187 g/mol.